The summed E-state index contributed by atoms with van der Waals surface area (Å²) in [4.78, 5) is 16.5. The second kappa shape index (κ2) is 8.81. The molecule has 2 heterocycles. The average molecular weight is 379 g/mol. The van der Waals surface area contributed by atoms with Crippen LogP contribution in [-0.2, 0) is 4.74 Å². The van der Waals surface area contributed by atoms with Gasteiger partial charge in [0.05, 0.1) is 11.0 Å². The normalized spacial score (nSPS) is 15.5. The van der Waals surface area contributed by atoms with Crippen molar-refractivity contribution in [1.29, 1.82) is 0 Å². The highest BCUT2D eigenvalue weighted by Crippen LogP contribution is 2.30. The average Bonchev–Trinajstić information content (AvgIpc) is 3.13. The van der Waals surface area contributed by atoms with Crippen molar-refractivity contribution in [2.45, 2.75) is 25.4 Å². The minimum absolute atomic E-state index is 0.116. The van der Waals surface area contributed by atoms with Gasteiger partial charge >= 0.3 is 0 Å². The van der Waals surface area contributed by atoms with E-state index in [-0.39, 0.29) is 12.0 Å². The Hall–Kier alpha value is -1.40. The van der Waals surface area contributed by atoms with E-state index in [9.17, 15) is 4.79 Å². The number of halogens is 1. The summed E-state index contributed by atoms with van der Waals surface area (Å²) in [6.07, 6.45) is 2.93. The van der Waals surface area contributed by atoms with Crippen LogP contribution in [0.3, 0.4) is 0 Å². The van der Waals surface area contributed by atoms with E-state index in [1.807, 2.05) is 41.3 Å². The molecule has 0 radical (unpaired) electrons. The van der Waals surface area contributed by atoms with Crippen molar-refractivity contribution in [3.8, 4) is 10.4 Å². The molecule has 0 bridgehead atoms. The fourth-order valence-corrected chi connectivity index (χ4v) is 4.04. The molecule has 0 aliphatic carbocycles. The predicted octanol–water partition coefficient (Wildman–Crippen LogP) is 4.04. The summed E-state index contributed by atoms with van der Waals surface area (Å²) in [6.45, 7) is 2.87. The van der Waals surface area contributed by atoms with Gasteiger partial charge in [0.1, 0.15) is 0 Å². The van der Waals surface area contributed by atoms with Gasteiger partial charge in [0, 0.05) is 29.6 Å². The molecular formula is C19H23ClN2O2S. The minimum Gasteiger partial charge on any atom is -0.378 e. The summed E-state index contributed by atoms with van der Waals surface area (Å²) in [5.74, 6) is 0.116. The van der Waals surface area contributed by atoms with Crippen molar-refractivity contribution in [2.75, 3.05) is 26.2 Å². The number of ether oxygens (including phenoxy) is 1. The number of rotatable bonds is 6. The number of carbonyl (C=O) groups is 1. The first kappa shape index (κ1) is 18.4. The van der Waals surface area contributed by atoms with E-state index in [0.29, 0.717) is 18.2 Å². The van der Waals surface area contributed by atoms with E-state index in [1.54, 1.807) is 0 Å². The molecule has 0 atom stereocenters. The van der Waals surface area contributed by atoms with Crippen LogP contribution in [0.25, 0.3) is 10.4 Å². The van der Waals surface area contributed by atoms with Crippen molar-refractivity contribution >= 4 is 28.8 Å². The third-order valence-corrected chi connectivity index (χ3v) is 5.75. The SMILES string of the molecule is NCCCOC1CCN(C(=O)c2ccc(-c3ccc(Cl)cc3)s2)CC1. The van der Waals surface area contributed by atoms with Gasteiger partial charge in [-0.05, 0) is 55.6 Å². The number of thiophene rings is 1. The number of hydrogen-bond acceptors (Lipinski definition) is 4. The maximum atomic E-state index is 12.7. The van der Waals surface area contributed by atoms with Crippen LogP contribution in [-0.4, -0.2) is 43.2 Å². The Morgan fingerprint density at radius 1 is 1.20 bits per heavy atom. The van der Waals surface area contributed by atoms with E-state index >= 15 is 0 Å². The van der Waals surface area contributed by atoms with E-state index in [0.717, 1.165) is 47.7 Å². The van der Waals surface area contributed by atoms with E-state index < -0.39 is 0 Å². The maximum absolute atomic E-state index is 12.7. The monoisotopic (exact) mass is 378 g/mol. The zero-order chi connectivity index (χ0) is 17.6. The second-order valence-electron chi connectivity index (χ2n) is 6.18. The van der Waals surface area contributed by atoms with Gasteiger partial charge in [-0.15, -0.1) is 11.3 Å². The van der Waals surface area contributed by atoms with Gasteiger partial charge < -0.3 is 15.4 Å². The highest BCUT2D eigenvalue weighted by molar-refractivity contribution is 7.17. The number of piperidine rings is 1. The molecular weight excluding hydrogens is 356 g/mol. The second-order valence-corrected chi connectivity index (χ2v) is 7.70. The summed E-state index contributed by atoms with van der Waals surface area (Å²) in [6, 6.07) is 11.6. The van der Waals surface area contributed by atoms with Gasteiger partial charge in [-0.2, -0.15) is 0 Å². The molecule has 1 aliphatic rings. The summed E-state index contributed by atoms with van der Waals surface area (Å²) in [7, 11) is 0. The predicted molar refractivity (Wildman–Crippen MR) is 103 cm³/mol. The van der Waals surface area contributed by atoms with Crippen LogP contribution in [0.2, 0.25) is 5.02 Å². The number of nitrogens with two attached hydrogens (primary N) is 1. The third kappa shape index (κ3) is 4.82. The highest BCUT2D eigenvalue weighted by Gasteiger charge is 2.25. The molecule has 2 N–H and O–H groups in total. The standard InChI is InChI=1S/C19H23ClN2O2S/c20-15-4-2-14(3-5-15)17-6-7-18(25-17)19(23)22-11-8-16(9-12-22)24-13-1-10-21/h2-7,16H,1,8-13,21H2. The number of amides is 1. The maximum Gasteiger partial charge on any atom is 0.263 e. The molecule has 134 valence electrons. The Balaban J connectivity index is 1.56. The van der Waals surface area contributed by atoms with Gasteiger partial charge in [-0.25, -0.2) is 0 Å². The fourth-order valence-electron chi connectivity index (χ4n) is 2.94. The molecule has 25 heavy (non-hydrogen) atoms. The van der Waals surface area contributed by atoms with E-state index in [4.69, 9.17) is 22.1 Å². The van der Waals surface area contributed by atoms with Crippen LogP contribution < -0.4 is 5.73 Å². The van der Waals surface area contributed by atoms with Crippen LogP contribution in [0, 0.1) is 0 Å². The zero-order valence-corrected chi connectivity index (χ0v) is 15.7. The zero-order valence-electron chi connectivity index (χ0n) is 14.1. The number of hydrogen-bond donors (Lipinski definition) is 1. The summed E-state index contributed by atoms with van der Waals surface area (Å²) in [5, 5.41) is 0.716. The number of likely N-dealkylation sites (tertiary alicyclic amines) is 1. The number of benzene rings is 1. The van der Waals surface area contributed by atoms with Crippen LogP contribution in [0.15, 0.2) is 36.4 Å². The molecule has 0 spiro atoms. The van der Waals surface area contributed by atoms with Gasteiger partial charge in [-0.3, -0.25) is 4.79 Å². The van der Waals surface area contributed by atoms with Gasteiger partial charge in [0.25, 0.3) is 5.91 Å². The lowest BCUT2D eigenvalue weighted by Gasteiger charge is -2.31. The Morgan fingerprint density at radius 2 is 1.92 bits per heavy atom. The first-order valence-corrected chi connectivity index (χ1v) is 9.83. The largest absolute Gasteiger partial charge is 0.378 e. The molecule has 3 rings (SSSR count). The quantitative estimate of drug-likeness (QED) is 0.772. The van der Waals surface area contributed by atoms with Gasteiger partial charge in [0.15, 0.2) is 0 Å². The minimum atomic E-state index is 0.116. The van der Waals surface area contributed by atoms with Crippen LogP contribution >= 0.6 is 22.9 Å². The Morgan fingerprint density at radius 3 is 2.60 bits per heavy atom. The molecule has 0 unspecified atom stereocenters. The van der Waals surface area contributed by atoms with Crippen molar-refractivity contribution < 1.29 is 9.53 Å². The molecule has 6 heteroatoms. The number of nitrogens with zero attached hydrogens (tertiary/aromatic N) is 1. The lowest BCUT2D eigenvalue weighted by Crippen LogP contribution is -2.40. The first-order valence-electron chi connectivity index (χ1n) is 8.64. The molecule has 1 saturated heterocycles. The first-order chi connectivity index (χ1) is 12.2. The molecule has 0 saturated carbocycles. The Kier molecular flexibility index (Phi) is 6.48. The summed E-state index contributed by atoms with van der Waals surface area (Å²) >= 11 is 7.47. The van der Waals surface area contributed by atoms with Crippen molar-refractivity contribution in [3.63, 3.8) is 0 Å². The van der Waals surface area contributed by atoms with Crippen LogP contribution in [0.1, 0.15) is 28.9 Å². The van der Waals surface area contributed by atoms with E-state index in [1.165, 1.54) is 11.3 Å². The Bertz CT molecular complexity index is 694. The number of carbonyl (C=O) groups excluding carboxylic acids is 1. The molecule has 1 amide bonds. The lowest BCUT2D eigenvalue weighted by molar-refractivity contribution is 0.00858. The molecule has 1 aromatic carbocycles. The molecule has 2 aromatic rings. The summed E-state index contributed by atoms with van der Waals surface area (Å²) in [5.41, 5.74) is 6.57. The summed E-state index contributed by atoms with van der Waals surface area (Å²) < 4.78 is 5.80. The fraction of sp³-hybridized carbons (Fsp3) is 0.421. The Labute approximate surface area is 157 Å². The van der Waals surface area contributed by atoms with Crippen LogP contribution in [0.5, 0.6) is 0 Å². The molecule has 1 aromatic heterocycles. The lowest BCUT2D eigenvalue weighted by atomic mass is 10.1. The molecule has 1 aliphatic heterocycles. The van der Waals surface area contributed by atoms with Crippen molar-refractivity contribution in [1.82, 2.24) is 4.90 Å². The van der Waals surface area contributed by atoms with Crippen molar-refractivity contribution in [2.24, 2.45) is 5.73 Å². The van der Waals surface area contributed by atoms with Gasteiger partial charge in [0.2, 0.25) is 0 Å². The van der Waals surface area contributed by atoms with E-state index in [2.05, 4.69) is 0 Å². The van der Waals surface area contributed by atoms with Crippen molar-refractivity contribution in [3.05, 3.63) is 46.3 Å². The van der Waals surface area contributed by atoms with Gasteiger partial charge in [-0.1, -0.05) is 23.7 Å². The molecule has 4 nitrogen and oxygen atoms in total. The third-order valence-electron chi connectivity index (χ3n) is 4.38. The highest BCUT2D eigenvalue weighted by atomic mass is 35.5. The molecule has 1 fully saturated rings. The smallest absolute Gasteiger partial charge is 0.263 e. The topological polar surface area (TPSA) is 55.6 Å². The van der Waals surface area contributed by atoms with Crippen LogP contribution in [0.4, 0.5) is 0 Å².